The highest BCUT2D eigenvalue weighted by Crippen LogP contribution is 2.27. The lowest BCUT2D eigenvalue weighted by atomic mass is 9.96. The second-order valence-corrected chi connectivity index (χ2v) is 9.39. The van der Waals surface area contributed by atoms with Gasteiger partial charge in [0, 0.05) is 44.3 Å². The first-order chi connectivity index (χ1) is 12.4. The molecule has 2 aliphatic rings. The molecule has 1 aromatic carbocycles. The maximum atomic E-state index is 13.0. The van der Waals surface area contributed by atoms with Crippen LogP contribution in [0.1, 0.15) is 49.4 Å². The van der Waals surface area contributed by atoms with Gasteiger partial charge in [-0.3, -0.25) is 4.79 Å². The molecular formula is C19H29N3O3S. The van der Waals surface area contributed by atoms with Gasteiger partial charge in [-0.15, -0.1) is 0 Å². The van der Waals surface area contributed by atoms with E-state index in [1.807, 2.05) is 11.8 Å². The molecule has 6 nitrogen and oxygen atoms in total. The van der Waals surface area contributed by atoms with Crippen LogP contribution < -0.4 is 5.32 Å². The van der Waals surface area contributed by atoms with Gasteiger partial charge in [-0.05, 0) is 38.0 Å². The molecule has 1 saturated heterocycles. The summed E-state index contributed by atoms with van der Waals surface area (Å²) in [5.74, 6) is -0.101. The lowest BCUT2D eigenvalue weighted by Gasteiger charge is -2.34. The van der Waals surface area contributed by atoms with Crippen LogP contribution in [0.4, 0.5) is 0 Å². The summed E-state index contributed by atoms with van der Waals surface area (Å²) >= 11 is 0. The monoisotopic (exact) mass is 379 g/mol. The quantitative estimate of drug-likeness (QED) is 0.870. The molecule has 144 valence electrons. The third-order valence-corrected chi connectivity index (χ3v) is 7.52. The van der Waals surface area contributed by atoms with Crippen LogP contribution >= 0.6 is 0 Å². The SMILES string of the molecule is CC1CNCCN1C(=O)c1cccc(S(=O)(=O)N(C)C2CCCCC2)c1. The number of piperazine rings is 1. The van der Waals surface area contributed by atoms with Crippen LogP contribution in [0.25, 0.3) is 0 Å². The summed E-state index contributed by atoms with van der Waals surface area (Å²) in [5.41, 5.74) is 0.442. The second-order valence-electron chi connectivity index (χ2n) is 7.39. The van der Waals surface area contributed by atoms with E-state index in [9.17, 15) is 13.2 Å². The van der Waals surface area contributed by atoms with E-state index in [-0.39, 0.29) is 22.9 Å². The van der Waals surface area contributed by atoms with Gasteiger partial charge in [0.25, 0.3) is 5.91 Å². The van der Waals surface area contributed by atoms with Crippen LogP contribution in [0, 0.1) is 0 Å². The van der Waals surface area contributed by atoms with Crippen molar-refractivity contribution in [2.24, 2.45) is 0 Å². The van der Waals surface area contributed by atoms with Crippen molar-refractivity contribution < 1.29 is 13.2 Å². The molecule has 1 aromatic rings. The van der Waals surface area contributed by atoms with E-state index in [0.29, 0.717) is 12.1 Å². The zero-order chi connectivity index (χ0) is 18.7. The van der Waals surface area contributed by atoms with E-state index in [0.717, 1.165) is 38.8 Å². The largest absolute Gasteiger partial charge is 0.333 e. The summed E-state index contributed by atoms with van der Waals surface area (Å²) in [6, 6.07) is 6.65. The van der Waals surface area contributed by atoms with Gasteiger partial charge in [-0.25, -0.2) is 8.42 Å². The summed E-state index contributed by atoms with van der Waals surface area (Å²) < 4.78 is 27.6. The number of nitrogens with one attached hydrogen (secondary N) is 1. The molecule has 3 rings (SSSR count). The Kier molecular flexibility index (Phi) is 5.99. The zero-order valence-electron chi connectivity index (χ0n) is 15.6. The number of carbonyl (C=O) groups is 1. The summed E-state index contributed by atoms with van der Waals surface area (Å²) in [6.45, 7) is 4.16. The Balaban J connectivity index is 1.82. The minimum absolute atomic E-state index is 0.0568. The fraction of sp³-hybridized carbons (Fsp3) is 0.632. The van der Waals surface area contributed by atoms with Crippen LogP contribution in [0.3, 0.4) is 0 Å². The smallest absolute Gasteiger partial charge is 0.254 e. The number of nitrogens with zero attached hydrogens (tertiary/aromatic N) is 2. The predicted molar refractivity (Wildman–Crippen MR) is 102 cm³/mol. The average molecular weight is 380 g/mol. The van der Waals surface area contributed by atoms with Crippen molar-refractivity contribution in [2.75, 3.05) is 26.7 Å². The highest BCUT2D eigenvalue weighted by atomic mass is 32.2. The third kappa shape index (κ3) is 3.94. The maximum absolute atomic E-state index is 13.0. The number of rotatable bonds is 4. The Hall–Kier alpha value is -1.44. The standard InChI is InChI=1S/C19H29N3O3S/c1-15-14-20-11-12-22(15)19(23)16-7-6-10-18(13-16)26(24,25)21(2)17-8-4-3-5-9-17/h6-7,10,13,15,17,20H,3-5,8-9,11-12,14H2,1-2H3. The molecule has 7 heteroatoms. The van der Waals surface area contributed by atoms with Gasteiger partial charge in [0.15, 0.2) is 0 Å². The molecule has 1 heterocycles. The first kappa shape index (κ1) is 19.3. The van der Waals surface area contributed by atoms with E-state index in [1.54, 1.807) is 25.2 Å². The van der Waals surface area contributed by atoms with Crippen molar-refractivity contribution in [3.05, 3.63) is 29.8 Å². The lowest BCUT2D eigenvalue weighted by Crippen LogP contribution is -2.52. The van der Waals surface area contributed by atoms with Gasteiger partial charge in [-0.1, -0.05) is 25.3 Å². The maximum Gasteiger partial charge on any atom is 0.254 e. The Morgan fingerprint density at radius 3 is 2.65 bits per heavy atom. The molecule has 2 fully saturated rings. The fourth-order valence-electron chi connectivity index (χ4n) is 3.91. The van der Waals surface area contributed by atoms with Crippen molar-refractivity contribution in [1.29, 1.82) is 0 Å². The van der Waals surface area contributed by atoms with E-state index in [1.165, 1.54) is 16.8 Å². The Morgan fingerprint density at radius 1 is 1.23 bits per heavy atom. The van der Waals surface area contributed by atoms with Crippen molar-refractivity contribution in [1.82, 2.24) is 14.5 Å². The molecule has 1 unspecified atom stereocenters. The topological polar surface area (TPSA) is 69.7 Å². The van der Waals surface area contributed by atoms with Crippen LogP contribution in [0.15, 0.2) is 29.2 Å². The molecule has 0 bridgehead atoms. The van der Waals surface area contributed by atoms with E-state index in [2.05, 4.69) is 5.32 Å². The molecule has 1 amide bonds. The molecule has 1 aliphatic heterocycles. The van der Waals surface area contributed by atoms with Crippen molar-refractivity contribution in [3.8, 4) is 0 Å². The van der Waals surface area contributed by atoms with Crippen molar-refractivity contribution in [2.45, 2.75) is 56.0 Å². The first-order valence-electron chi connectivity index (χ1n) is 9.51. The van der Waals surface area contributed by atoms with E-state index >= 15 is 0 Å². The second kappa shape index (κ2) is 8.06. The molecule has 0 aromatic heterocycles. The number of hydrogen-bond acceptors (Lipinski definition) is 4. The molecule has 1 atom stereocenters. The fourth-order valence-corrected chi connectivity index (χ4v) is 5.37. The minimum Gasteiger partial charge on any atom is -0.333 e. The normalized spacial score (nSPS) is 22.6. The Morgan fingerprint density at radius 2 is 1.96 bits per heavy atom. The van der Waals surface area contributed by atoms with Gasteiger partial charge in [0.1, 0.15) is 0 Å². The minimum atomic E-state index is -3.59. The molecule has 0 radical (unpaired) electrons. The third-order valence-electron chi connectivity index (χ3n) is 5.61. The highest BCUT2D eigenvalue weighted by Gasteiger charge is 2.30. The zero-order valence-corrected chi connectivity index (χ0v) is 16.5. The molecule has 0 spiro atoms. The Bertz CT molecular complexity index is 744. The summed E-state index contributed by atoms with van der Waals surface area (Å²) in [6.07, 6.45) is 5.14. The molecule has 1 aliphatic carbocycles. The molecule has 26 heavy (non-hydrogen) atoms. The van der Waals surface area contributed by atoms with E-state index in [4.69, 9.17) is 0 Å². The van der Waals surface area contributed by atoms with Crippen LogP contribution in [0.2, 0.25) is 0 Å². The Labute approximate surface area is 156 Å². The summed E-state index contributed by atoms with van der Waals surface area (Å²) in [5, 5.41) is 3.26. The summed E-state index contributed by atoms with van der Waals surface area (Å²) in [7, 11) is -1.92. The van der Waals surface area contributed by atoms with Gasteiger partial charge in [0.2, 0.25) is 10.0 Å². The van der Waals surface area contributed by atoms with Crippen molar-refractivity contribution in [3.63, 3.8) is 0 Å². The highest BCUT2D eigenvalue weighted by molar-refractivity contribution is 7.89. The number of carbonyl (C=O) groups excluding carboxylic acids is 1. The van der Waals surface area contributed by atoms with Crippen LogP contribution in [0.5, 0.6) is 0 Å². The predicted octanol–water partition coefficient (Wildman–Crippen LogP) is 2.07. The lowest BCUT2D eigenvalue weighted by molar-refractivity contribution is 0.0655. The van der Waals surface area contributed by atoms with Crippen LogP contribution in [-0.2, 0) is 10.0 Å². The first-order valence-corrected chi connectivity index (χ1v) is 10.9. The molecule has 1 N–H and O–H groups in total. The number of amides is 1. The van der Waals surface area contributed by atoms with E-state index < -0.39 is 10.0 Å². The molecular weight excluding hydrogens is 350 g/mol. The number of sulfonamides is 1. The van der Waals surface area contributed by atoms with Crippen LogP contribution in [-0.4, -0.2) is 62.3 Å². The van der Waals surface area contributed by atoms with Gasteiger partial charge in [-0.2, -0.15) is 4.31 Å². The number of benzene rings is 1. The van der Waals surface area contributed by atoms with Gasteiger partial charge in [0.05, 0.1) is 4.90 Å². The molecule has 1 saturated carbocycles. The van der Waals surface area contributed by atoms with Crippen molar-refractivity contribution >= 4 is 15.9 Å². The number of hydrogen-bond donors (Lipinski definition) is 1. The average Bonchev–Trinajstić information content (AvgIpc) is 2.68. The van der Waals surface area contributed by atoms with Gasteiger partial charge >= 0.3 is 0 Å². The van der Waals surface area contributed by atoms with Gasteiger partial charge < -0.3 is 10.2 Å². The summed E-state index contributed by atoms with van der Waals surface area (Å²) in [4.78, 5) is 14.9.